The largest absolute Gasteiger partial charge is 0.444 e. The Kier molecular flexibility index (Phi) is 7.39. The summed E-state index contributed by atoms with van der Waals surface area (Å²) in [6.45, 7) is 4.92. The minimum absolute atomic E-state index is 0.0720. The maximum atomic E-state index is 15.8. The van der Waals surface area contributed by atoms with Gasteiger partial charge in [0.1, 0.15) is 11.4 Å². The Hall–Kier alpha value is -4.40. The minimum Gasteiger partial charge on any atom is -0.444 e. The van der Waals surface area contributed by atoms with Crippen molar-refractivity contribution in [3.05, 3.63) is 89.3 Å². The highest BCUT2D eigenvalue weighted by Gasteiger charge is 2.26. The molecule has 1 heterocycles. The lowest BCUT2D eigenvalue weighted by atomic mass is 9.91. The number of rotatable bonds is 6. The molecule has 0 bridgehead atoms. The summed E-state index contributed by atoms with van der Waals surface area (Å²) in [7, 11) is 0. The summed E-state index contributed by atoms with van der Waals surface area (Å²) in [5.74, 6) is -3.60. The van der Waals surface area contributed by atoms with Crippen LogP contribution in [0.3, 0.4) is 0 Å². The lowest BCUT2D eigenvalue weighted by Crippen LogP contribution is -2.27. The number of benzene rings is 2. The summed E-state index contributed by atoms with van der Waals surface area (Å²) in [6.07, 6.45) is 2.90. The second-order valence-corrected chi connectivity index (χ2v) is 8.46. The number of anilines is 1. The first-order valence-electron chi connectivity index (χ1n) is 10.5. The van der Waals surface area contributed by atoms with Crippen LogP contribution < -0.4 is 11.1 Å². The van der Waals surface area contributed by atoms with Crippen LogP contribution in [-0.4, -0.2) is 28.4 Å². The molecule has 35 heavy (non-hydrogen) atoms. The number of hydrogen-bond acceptors (Lipinski definition) is 5. The topological polar surface area (TPSA) is 111 Å². The first-order valence-corrected chi connectivity index (χ1v) is 10.5. The van der Waals surface area contributed by atoms with Gasteiger partial charge < -0.3 is 10.5 Å². The molecule has 9 heteroatoms. The first-order chi connectivity index (χ1) is 16.5. The summed E-state index contributed by atoms with van der Waals surface area (Å²) >= 11 is 0. The number of carbonyl (C=O) groups excluding carboxylic acids is 3. The second kappa shape index (κ2) is 10.3. The van der Waals surface area contributed by atoms with E-state index in [1.165, 1.54) is 42.6 Å². The van der Waals surface area contributed by atoms with Crippen LogP contribution in [0.15, 0.2) is 60.8 Å². The first kappa shape index (κ1) is 25.2. The number of halogens is 2. The van der Waals surface area contributed by atoms with Gasteiger partial charge in [0.2, 0.25) is 5.91 Å². The highest BCUT2D eigenvalue weighted by Crippen LogP contribution is 2.34. The van der Waals surface area contributed by atoms with Gasteiger partial charge in [0, 0.05) is 17.8 Å². The van der Waals surface area contributed by atoms with Gasteiger partial charge in [-0.3, -0.25) is 19.9 Å². The van der Waals surface area contributed by atoms with E-state index in [0.29, 0.717) is 0 Å². The maximum absolute atomic E-state index is 15.8. The Labute approximate surface area is 200 Å². The molecule has 1 aromatic heterocycles. The number of amides is 2. The number of ether oxygens (including phenoxy) is 1. The number of nitrogens with two attached hydrogens (primary N) is 1. The predicted octanol–water partition coefficient (Wildman–Crippen LogP) is 5.10. The van der Waals surface area contributed by atoms with Gasteiger partial charge in [-0.25, -0.2) is 13.6 Å². The van der Waals surface area contributed by atoms with Crippen molar-refractivity contribution in [3.8, 4) is 11.1 Å². The molecule has 0 spiro atoms. The summed E-state index contributed by atoms with van der Waals surface area (Å²) < 4.78 is 35.4. The number of primary amides is 1. The SMILES string of the molecule is CC(C)(C)OC(=O)Nc1ccc(-c2cccnc2/C=C/C(N)=O)c(C(=O)c2ccccc2F)c1F. The molecule has 7 nitrogen and oxygen atoms in total. The van der Waals surface area contributed by atoms with Gasteiger partial charge in [0.25, 0.3) is 0 Å². The van der Waals surface area contributed by atoms with E-state index in [9.17, 15) is 18.8 Å². The Morgan fingerprint density at radius 3 is 2.37 bits per heavy atom. The molecular weight excluding hydrogens is 456 g/mol. The van der Waals surface area contributed by atoms with Crippen LogP contribution in [0.5, 0.6) is 0 Å². The van der Waals surface area contributed by atoms with Crippen LogP contribution in [0.4, 0.5) is 19.3 Å². The van der Waals surface area contributed by atoms with E-state index in [-0.39, 0.29) is 28.1 Å². The van der Waals surface area contributed by atoms with Crippen molar-refractivity contribution in [1.82, 2.24) is 4.98 Å². The van der Waals surface area contributed by atoms with Gasteiger partial charge in [0.05, 0.1) is 22.5 Å². The highest BCUT2D eigenvalue weighted by atomic mass is 19.1. The molecule has 180 valence electrons. The molecule has 3 N–H and O–H groups in total. The zero-order valence-electron chi connectivity index (χ0n) is 19.3. The number of ketones is 1. The van der Waals surface area contributed by atoms with E-state index < -0.39 is 40.6 Å². The number of hydrogen-bond donors (Lipinski definition) is 2. The highest BCUT2D eigenvalue weighted by molar-refractivity contribution is 6.14. The van der Waals surface area contributed by atoms with Crippen LogP contribution >= 0.6 is 0 Å². The van der Waals surface area contributed by atoms with Crippen molar-refractivity contribution in [2.24, 2.45) is 5.73 Å². The lowest BCUT2D eigenvalue weighted by molar-refractivity contribution is -0.113. The van der Waals surface area contributed by atoms with Gasteiger partial charge in [-0.05, 0) is 56.7 Å². The molecule has 0 unspecified atom stereocenters. The Morgan fingerprint density at radius 1 is 1.00 bits per heavy atom. The van der Waals surface area contributed by atoms with Gasteiger partial charge in [0.15, 0.2) is 11.6 Å². The van der Waals surface area contributed by atoms with Crippen LogP contribution in [0.1, 0.15) is 42.4 Å². The number of aromatic nitrogens is 1. The van der Waals surface area contributed by atoms with Crippen molar-refractivity contribution in [2.45, 2.75) is 26.4 Å². The van der Waals surface area contributed by atoms with Crippen molar-refractivity contribution in [1.29, 1.82) is 0 Å². The van der Waals surface area contributed by atoms with Crippen LogP contribution in [0.2, 0.25) is 0 Å². The number of pyridine rings is 1. The van der Waals surface area contributed by atoms with Crippen molar-refractivity contribution in [2.75, 3.05) is 5.32 Å². The standard InChI is InChI=1S/C26H23F2N3O4/c1-26(2,3)35-25(34)31-20-11-10-16(15-8-6-14-30-19(15)12-13-21(29)32)22(23(20)28)24(33)17-7-4-5-9-18(17)27/h4-14H,1-3H3,(H2,29,32)(H,31,34)/b13-12+. The van der Waals surface area contributed by atoms with E-state index in [1.54, 1.807) is 32.9 Å². The quantitative estimate of drug-likeness (QED) is 0.377. The molecule has 0 saturated heterocycles. The fraction of sp³-hybridized carbons (Fsp3) is 0.154. The smallest absolute Gasteiger partial charge is 0.412 e. The van der Waals surface area contributed by atoms with E-state index in [1.807, 2.05) is 0 Å². The fourth-order valence-corrected chi connectivity index (χ4v) is 3.25. The molecule has 0 saturated carbocycles. The molecule has 2 amide bonds. The third kappa shape index (κ3) is 6.14. The average molecular weight is 479 g/mol. The van der Waals surface area contributed by atoms with Gasteiger partial charge in [-0.15, -0.1) is 0 Å². The van der Waals surface area contributed by atoms with E-state index in [4.69, 9.17) is 10.5 Å². The zero-order chi connectivity index (χ0) is 25.8. The number of carbonyl (C=O) groups is 3. The molecule has 0 radical (unpaired) electrons. The third-order valence-electron chi connectivity index (χ3n) is 4.66. The zero-order valence-corrected chi connectivity index (χ0v) is 19.3. The molecule has 2 aromatic carbocycles. The van der Waals surface area contributed by atoms with Gasteiger partial charge in [-0.2, -0.15) is 0 Å². The summed E-state index contributed by atoms with van der Waals surface area (Å²) in [5.41, 5.74) is 3.72. The third-order valence-corrected chi connectivity index (χ3v) is 4.66. The summed E-state index contributed by atoms with van der Waals surface area (Å²) in [6, 6.07) is 10.9. The minimum atomic E-state index is -1.09. The number of nitrogens with zero attached hydrogens (tertiary/aromatic N) is 1. The van der Waals surface area contributed by atoms with Crippen LogP contribution in [0.25, 0.3) is 17.2 Å². The fourth-order valence-electron chi connectivity index (χ4n) is 3.25. The number of nitrogens with one attached hydrogen (secondary N) is 1. The van der Waals surface area contributed by atoms with Gasteiger partial charge in [-0.1, -0.05) is 24.3 Å². The molecule has 0 atom stereocenters. The van der Waals surface area contributed by atoms with E-state index >= 15 is 4.39 Å². The maximum Gasteiger partial charge on any atom is 0.412 e. The molecule has 0 aliphatic carbocycles. The van der Waals surface area contributed by atoms with Crippen molar-refractivity contribution < 1.29 is 27.9 Å². The average Bonchev–Trinajstić information content (AvgIpc) is 2.78. The Morgan fingerprint density at radius 2 is 1.71 bits per heavy atom. The normalized spacial score (nSPS) is 11.3. The van der Waals surface area contributed by atoms with Crippen molar-refractivity contribution >= 4 is 29.5 Å². The molecule has 0 aliphatic heterocycles. The summed E-state index contributed by atoms with van der Waals surface area (Å²) in [4.78, 5) is 41.0. The Balaban J connectivity index is 2.21. The van der Waals surface area contributed by atoms with Crippen LogP contribution in [0, 0.1) is 11.6 Å². The van der Waals surface area contributed by atoms with Crippen LogP contribution in [-0.2, 0) is 9.53 Å². The monoisotopic (exact) mass is 479 g/mol. The Bertz CT molecular complexity index is 1330. The van der Waals surface area contributed by atoms with E-state index in [2.05, 4.69) is 10.3 Å². The lowest BCUT2D eigenvalue weighted by Gasteiger charge is -2.20. The van der Waals surface area contributed by atoms with Gasteiger partial charge >= 0.3 is 6.09 Å². The molecule has 3 rings (SSSR count). The van der Waals surface area contributed by atoms with E-state index in [0.717, 1.165) is 12.1 Å². The molecular formula is C26H23F2N3O4. The molecule has 0 fully saturated rings. The predicted molar refractivity (Wildman–Crippen MR) is 128 cm³/mol. The van der Waals surface area contributed by atoms with Crippen molar-refractivity contribution in [3.63, 3.8) is 0 Å². The second-order valence-electron chi connectivity index (χ2n) is 8.46. The molecule has 0 aliphatic rings. The summed E-state index contributed by atoms with van der Waals surface area (Å²) in [5, 5.41) is 2.29. The molecule has 3 aromatic rings.